The molecule has 2 rings (SSSR count). The number of carbonyl (C=O) groups excluding carboxylic acids is 1. The number of amides is 1. The lowest BCUT2D eigenvalue weighted by molar-refractivity contribution is 0.0701. The first-order chi connectivity index (χ1) is 8.99. The van der Waals surface area contributed by atoms with Crippen LogP contribution in [0, 0.1) is 6.92 Å². The number of carboxylic acid groups (broad SMARTS) is 1. The number of nitrogens with zero attached hydrogens (tertiary/aromatic N) is 1. The number of aromatic carboxylic acids is 1. The summed E-state index contributed by atoms with van der Waals surface area (Å²) in [5, 5.41) is 12.3. The maximum absolute atomic E-state index is 11.8. The zero-order valence-electron chi connectivity index (χ0n) is 10.3. The average Bonchev–Trinajstić information content (AvgIpc) is 2.96. The van der Waals surface area contributed by atoms with E-state index in [0.29, 0.717) is 16.3 Å². The Morgan fingerprint density at radius 2 is 2.26 bits per heavy atom. The molecule has 19 heavy (non-hydrogen) atoms. The molecule has 2 heterocycles. The van der Waals surface area contributed by atoms with Crippen molar-refractivity contribution in [2.75, 3.05) is 0 Å². The van der Waals surface area contributed by atoms with E-state index in [9.17, 15) is 9.59 Å². The Morgan fingerprint density at radius 3 is 2.79 bits per heavy atom. The topological polar surface area (TPSA) is 92.4 Å². The van der Waals surface area contributed by atoms with E-state index in [-0.39, 0.29) is 16.8 Å². The molecule has 0 radical (unpaired) electrons. The van der Waals surface area contributed by atoms with Crippen molar-refractivity contribution in [2.24, 2.45) is 0 Å². The van der Waals surface area contributed by atoms with Crippen LogP contribution in [0.3, 0.4) is 0 Å². The van der Waals surface area contributed by atoms with Gasteiger partial charge in [-0.05, 0) is 19.9 Å². The quantitative estimate of drug-likeness (QED) is 0.896. The van der Waals surface area contributed by atoms with Crippen LogP contribution in [-0.2, 0) is 0 Å². The Balaban J connectivity index is 2.12. The molecule has 2 aromatic heterocycles. The number of carbonyl (C=O) groups is 2. The zero-order chi connectivity index (χ0) is 14.0. The smallest absolute Gasteiger partial charge is 0.347 e. The van der Waals surface area contributed by atoms with Crippen molar-refractivity contribution >= 4 is 23.2 Å². The zero-order valence-corrected chi connectivity index (χ0v) is 11.2. The fraction of sp³-hybridized carbons (Fsp3) is 0.250. The van der Waals surface area contributed by atoms with Crippen LogP contribution in [0.15, 0.2) is 23.0 Å². The van der Waals surface area contributed by atoms with Crippen molar-refractivity contribution in [3.63, 3.8) is 0 Å². The van der Waals surface area contributed by atoms with Crippen LogP contribution in [0.4, 0.5) is 0 Å². The van der Waals surface area contributed by atoms with E-state index in [0.717, 1.165) is 11.3 Å². The molecule has 100 valence electrons. The number of hydrogen-bond acceptors (Lipinski definition) is 5. The first-order valence-corrected chi connectivity index (χ1v) is 6.34. The predicted octanol–water partition coefficient (Wildman–Crippen LogP) is 2.23. The maximum atomic E-state index is 11.8. The Labute approximate surface area is 113 Å². The van der Waals surface area contributed by atoms with Crippen molar-refractivity contribution < 1.29 is 19.1 Å². The van der Waals surface area contributed by atoms with Crippen molar-refractivity contribution in [2.45, 2.75) is 19.9 Å². The molecular weight excluding hydrogens is 268 g/mol. The molecular formula is C12H12N2O4S. The fourth-order valence-electron chi connectivity index (χ4n) is 1.54. The Hall–Kier alpha value is -2.15. The summed E-state index contributed by atoms with van der Waals surface area (Å²) in [6.07, 6.45) is 2.76. The summed E-state index contributed by atoms with van der Waals surface area (Å²) in [7, 11) is 0. The third-order valence-electron chi connectivity index (χ3n) is 2.51. The molecule has 0 aliphatic rings. The van der Waals surface area contributed by atoms with Gasteiger partial charge in [0, 0.05) is 0 Å². The van der Waals surface area contributed by atoms with E-state index in [1.165, 1.54) is 12.5 Å². The van der Waals surface area contributed by atoms with E-state index in [1.807, 2.05) is 0 Å². The lowest BCUT2D eigenvalue weighted by Gasteiger charge is -2.09. The van der Waals surface area contributed by atoms with Crippen LogP contribution in [0.1, 0.15) is 43.7 Å². The van der Waals surface area contributed by atoms with Crippen molar-refractivity contribution in [3.05, 3.63) is 39.7 Å². The average molecular weight is 280 g/mol. The van der Waals surface area contributed by atoms with Gasteiger partial charge in [-0.3, -0.25) is 4.79 Å². The lowest BCUT2D eigenvalue weighted by Crippen LogP contribution is -2.26. The van der Waals surface area contributed by atoms with Gasteiger partial charge in [-0.1, -0.05) is 0 Å². The van der Waals surface area contributed by atoms with Gasteiger partial charge < -0.3 is 14.8 Å². The molecule has 2 aromatic rings. The minimum atomic E-state index is -1.00. The molecule has 0 fully saturated rings. The highest BCUT2D eigenvalue weighted by Gasteiger charge is 2.19. The molecule has 6 nitrogen and oxygen atoms in total. The second kappa shape index (κ2) is 5.23. The van der Waals surface area contributed by atoms with Crippen molar-refractivity contribution in [1.82, 2.24) is 10.3 Å². The molecule has 1 amide bonds. The summed E-state index contributed by atoms with van der Waals surface area (Å²) in [5.41, 5.74) is 0.871. The van der Waals surface area contributed by atoms with Crippen LogP contribution in [0.25, 0.3) is 0 Å². The Bertz CT molecular complexity index is 603. The molecule has 0 unspecified atom stereocenters. The molecule has 2 N–H and O–H groups in total. The molecule has 7 heteroatoms. The fourth-order valence-corrected chi connectivity index (χ4v) is 2.44. The largest absolute Gasteiger partial charge is 0.477 e. The minimum absolute atomic E-state index is 0.194. The normalized spacial score (nSPS) is 12.1. The van der Waals surface area contributed by atoms with Gasteiger partial charge in [0.15, 0.2) is 0 Å². The molecule has 1 atom stereocenters. The van der Waals surface area contributed by atoms with Gasteiger partial charge in [-0.15, -0.1) is 11.3 Å². The van der Waals surface area contributed by atoms with E-state index in [2.05, 4.69) is 10.3 Å². The van der Waals surface area contributed by atoms with Crippen molar-refractivity contribution in [3.8, 4) is 0 Å². The first kappa shape index (κ1) is 13.3. The molecule has 0 bridgehead atoms. The molecule has 0 saturated carbocycles. The Kier molecular flexibility index (Phi) is 3.66. The van der Waals surface area contributed by atoms with Crippen LogP contribution < -0.4 is 5.32 Å². The number of nitrogens with one attached hydrogen (secondary N) is 1. The van der Waals surface area contributed by atoms with E-state index >= 15 is 0 Å². The van der Waals surface area contributed by atoms with Gasteiger partial charge in [0.05, 0.1) is 23.6 Å². The van der Waals surface area contributed by atoms with E-state index in [4.69, 9.17) is 9.52 Å². The van der Waals surface area contributed by atoms with Gasteiger partial charge in [0.25, 0.3) is 5.91 Å². The summed E-state index contributed by atoms with van der Waals surface area (Å²) < 4.78 is 4.83. The summed E-state index contributed by atoms with van der Waals surface area (Å²) >= 11 is 1.07. The van der Waals surface area contributed by atoms with Gasteiger partial charge in [0.2, 0.25) is 0 Å². The third-order valence-corrected chi connectivity index (χ3v) is 3.84. The summed E-state index contributed by atoms with van der Waals surface area (Å²) in [5.74, 6) is -1.29. The van der Waals surface area contributed by atoms with Crippen LogP contribution in [-0.4, -0.2) is 22.0 Å². The van der Waals surface area contributed by atoms with Gasteiger partial charge in [-0.25, -0.2) is 9.78 Å². The number of rotatable bonds is 4. The van der Waals surface area contributed by atoms with Gasteiger partial charge >= 0.3 is 5.97 Å². The van der Waals surface area contributed by atoms with Crippen LogP contribution >= 0.6 is 11.3 Å². The number of carboxylic acids is 1. The molecule has 0 aliphatic heterocycles. The number of thiazole rings is 1. The minimum Gasteiger partial charge on any atom is -0.477 e. The number of furan rings is 1. The highest BCUT2D eigenvalue weighted by Crippen LogP contribution is 2.23. The second-order valence-electron chi connectivity index (χ2n) is 3.98. The third kappa shape index (κ3) is 2.82. The number of aryl methyl sites for hydroxylation is 1. The highest BCUT2D eigenvalue weighted by molar-refractivity contribution is 7.13. The first-order valence-electron chi connectivity index (χ1n) is 5.52. The van der Waals surface area contributed by atoms with Crippen molar-refractivity contribution in [1.29, 1.82) is 0 Å². The highest BCUT2D eigenvalue weighted by atomic mass is 32.1. The standard InChI is InChI=1S/C12H12N2O4S/c1-6-9(12(16)17)19-11(14-6)7(2)13-10(15)8-3-4-18-5-8/h3-5,7H,1-2H3,(H,13,15)(H,16,17)/t7-/m0/s1. The lowest BCUT2D eigenvalue weighted by atomic mass is 10.3. The van der Waals surface area contributed by atoms with E-state index < -0.39 is 5.97 Å². The maximum Gasteiger partial charge on any atom is 0.347 e. The monoisotopic (exact) mass is 280 g/mol. The van der Waals surface area contributed by atoms with Crippen LogP contribution in [0.5, 0.6) is 0 Å². The summed E-state index contributed by atoms with van der Waals surface area (Å²) in [6.45, 7) is 3.38. The molecule has 0 spiro atoms. The molecule has 0 aliphatic carbocycles. The van der Waals surface area contributed by atoms with Gasteiger partial charge in [0.1, 0.15) is 16.1 Å². The van der Waals surface area contributed by atoms with Crippen LogP contribution in [0.2, 0.25) is 0 Å². The SMILES string of the molecule is Cc1nc([C@H](C)NC(=O)c2ccoc2)sc1C(=O)O. The van der Waals surface area contributed by atoms with Gasteiger partial charge in [-0.2, -0.15) is 0 Å². The van der Waals surface area contributed by atoms with E-state index in [1.54, 1.807) is 19.9 Å². The summed E-state index contributed by atoms with van der Waals surface area (Å²) in [4.78, 5) is 27.1. The molecule has 0 aromatic carbocycles. The summed E-state index contributed by atoms with van der Waals surface area (Å²) in [6, 6.07) is 1.19. The molecule has 0 saturated heterocycles. The second-order valence-corrected chi connectivity index (χ2v) is 5.01. The Morgan fingerprint density at radius 1 is 1.53 bits per heavy atom. The predicted molar refractivity (Wildman–Crippen MR) is 68.4 cm³/mol. The number of hydrogen-bond donors (Lipinski definition) is 2. The number of aromatic nitrogens is 1.